The standard InChI is InChI=1S/C14H18FN3O2/c1-4-14(3,19-5-2)13-17-12(20-18-13)10-7-6-9(15)8-11(10)16/h6-8H,4-5,16H2,1-3H3. The zero-order valence-corrected chi connectivity index (χ0v) is 11.8. The van der Waals surface area contributed by atoms with Gasteiger partial charge in [-0.1, -0.05) is 12.1 Å². The molecule has 0 saturated carbocycles. The number of nitrogen functional groups attached to an aromatic ring is 1. The third-order valence-electron chi connectivity index (χ3n) is 3.28. The molecule has 0 amide bonds. The fourth-order valence-electron chi connectivity index (χ4n) is 1.92. The van der Waals surface area contributed by atoms with Crippen LogP contribution >= 0.6 is 0 Å². The highest BCUT2D eigenvalue weighted by atomic mass is 19.1. The Morgan fingerprint density at radius 2 is 2.15 bits per heavy atom. The first-order valence-corrected chi connectivity index (χ1v) is 6.53. The first kappa shape index (κ1) is 14.5. The molecule has 2 N–H and O–H groups in total. The number of rotatable bonds is 5. The van der Waals surface area contributed by atoms with Crippen LogP contribution in [0.3, 0.4) is 0 Å². The van der Waals surface area contributed by atoms with Crippen LogP contribution in [-0.4, -0.2) is 16.7 Å². The van der Waals surface area contributed by atoms with Crippen molar-refractivity contribution in [3.63, 3.8) is 0 Å². The van der Waals surface area contributed by atoms with Crippen LogP contribution in [0.25, 0.3) is 11.5 Å². The van der Waals surface area contributed by atoms with E-state index in [2.05, 4.69) is 10.1 Å². The SMILES string of the molecule is CCOC(C)(CC)c1noc(-c2ccc(F)cc2N)n1. The van der Waals surface area contributed by atoms with E-state index >= 15 is 0 Å². The summed E-state index contributed by atoms with van der Waals surface area (Å²) in [5, 5.41) is 3.96. The molecule has 2 rings (SSSR count). The highest BCUT2D eigenvalue weighted by molar-refractivity contribution is 5.70. The zero-order valence-electron chi connectivity index (χ0n) is 11.8. The molecule has 0 fully saturated rings. The van der Waals surface area contributed by atoms with Crippen LogP contribution in [0.2, 0.25) is 0 Å². The Labute approximate surface area is 116 Å². The van der Waals surface area contributed by atoms with Gasteiger partial charge in [-0.15, -0.1) is 0 Å². The number of ether oxygens (including phenoxy) is 1. The molecular formula is C14H18FN3O2. The van der Waals surface area contributed by atoms with Gasteiger partial charge in [-0.25, -0.2) is 4.39 Å². The van der Waals surface area contributed by atoms with Crippen LogP contribution in [-0.2, 0) is 10.3 Å². The molecule has 2 aromatic rings. The highest BCUT2D eigenvalue weighted by Crippen LogP contribution is 2.30. The van der Waals surface area contributed by atoms with Crippen LogP contribution in [0.4, 0.5) is 10.1 Å². The van der Waals surface area contributed by atoms with Gasteiger partial charge >= 0.3 is 0 Å². The maximum atomic E-state index is 13.0. The molecule has 0 aliphatic rings. The molecule has 1 atom stereocenters. The van der Waals surface area contributed by atoms with Gasteiger partial charge in [0, 0.05) is 12.3 Å². The van der Waals surface area contributed by atoms with Crippen molar-refractivity contribution in [3.05, 3.63) is 29.8 Å². The quantitative estimate of drug-likeness (QED) is 0.851. The number of nitrogens with zero attached hydrogens (tertiary/aromatic N) is 2. The van der Waals surface area contributed by atoms with Crippen molar-refractivity contribution in [1.29, 1.82) is 0 Å². The monoisotopic (exact) mass is 279 g/mol. The molecule has 1 aromatic carbocycles. The molecule has 1 aromatic heterocycles. The van der Waals surface area contributed by atoms with E-state index in [1.165, 1.54) is 18.2 Å². The van der Waals surface area contributed by atoms with Gasteiger partial charge in [0.25, 0.3) is 5.89 Å². The van der Waals surface area contributed by atoms with Crippen LogP contribution in [0.5, 0.6) is 0 Å². The van der Waals surface area contributed by atoms with Gasteiger partial charge in [0.15, 0.2) is 0 Å². The molecule has 1 heterocycles. The summed E-state index contributed by atoms with van der Waals surface area (Å²) in [6, 6.07) is 4.05. The molecule has 0 aliphatic carbocycles. The molecule has 1 unspecified atom stereocenters. The fourth-order valence-corrected chi connectivity index (χ4v) is 1.92. The fraction of sp³-hybridized carbons (Fsp3) is 0.429. The predicted molar refractivity (Wildman–Crippen MR) is 73.4 cm³/mol. The molecule has 5 nitrogen and oxygen atoms in total. The van der Waals surface area contributed by atoms with Gasteiger partial charge in [0.05, 0.1) is 5.56 Å². The third kappa shape index (κ3) is 2.65. The van der Waals surface area contributed by atoms with Crippen LogP contribution in [0.15, 0.2) is 22.7 Å². The number of anilines is 1. The van der Waals surface area contributed by atoms with Crippen molar-refractivity contribution < 1.29 is 13.7 Å². The Morgan fingerprint density at radius 3 is 2.75 bits per heavy atom. The van der Waals surface area contributed by atoms with Crippen LogP contribution in [0, 0.1) is 5.82 Å². The van der Waals surface area contributed by atoms with Gasteiger partial charge < -0.3 is 15.0 Å². The van der Waals surface area contributed by atoms with Crippen LogP contribution in [0.1, 0.15) is 33.0 Å². The Balaban J connectivity index is 2.37. The number of halogens is 1. The molecule has 6 heteroatoms. The molecule has 108 valence electrons. The topological polar surface area (TPSA) is 74.2 Å². The van der Waals surface area contributed by atoms with E-state index in [0.717, 1.165) is 0 Å². The molecule has 0 spiro atoms. The predicted octanol–water partition coefficient (Wildman–Crippen LogP) is 3.12. The summed E-state index contributed by atoms with van der Waals surface area (Å²) in [6.45, 7) is 6.34. The third-order valence-corrected chi connectivity index (χ3v) is 3.28. The number of hydrogen-bond donors (Lipinski definition) is 1. The van der Waals surface area contributed by atoms with Gasteiger partial charge in [-0.05, 0) is 38.5 Å². The van der Waals surface area contributed by atoms with E-state index in [4.69, 9.17) is 15.0 Å². The average Bonchev–Trinajstić information content (AvgIpc) is 2.89. The Bertz CT molecular complexity index is 600. The molecule has 0 aliphatic heterocycles. The summed E-state index contributed by atoms with van der Waals surface area (Å²) < 4.78 is 24.0. The van der Waals surface area contributed by atoms with Crippen molar-refractivity contribution in [1.82, 2.24) is 10.1 Å². The summed E-state index contributed by atoms with van der Waals surface area (Å²) in [7, 11) is 0. The molecule has 0 radical (unpaired) electrons. The maximum Gasteiger partial charge on any atom is 0.260 e. The second-order valence-electron chi connectivity index (χ2n) is 4.67. The zero-order chi connectivity index (χ0) is 14.8. The van der Waals surface area contributed by atoms with Crippen LogP contribution < -0.4 is 5.73 Å². The lowest BCUT2D eigenvalue weighted by Gasteiger charge is -2.23. The van der Waals surface area contributed by atoms with E-state index in [0.29, 0.717) is 24.4 Å². The minimum Gasteiger partial charge on any atom is -0.398 e. The second-order valence-corrected chi connectivity index (χ2v) is 4.67. The van der Waals surface area contributed by atoms with Gasteiger partial charge in [0.1, 0.15) is 11.4 Å². The molecular weight excluding hydrogens is 261 g/mol. The van der Waals surface area contributed by atoms with Crippen molar-refractivity contribution in [2.75, 3.05) is 12.3 Å². The Kier molecular flexibility index (Phi) is 4.04. The van der Waals surface area contributed by atoms with Crippen molar-refractivity contribution in [2.45, 2.75) is 32.8 Å². The summed E-state index contributed by atoms with van der Waals surface area (Å²) in [5.74, 6) is 0.316. The number of benzene rings is 1. The smallest absolute Gasteiger partial charge is 0.260 e. The summed E-state index contributed by atoms with van der Waals surface area (Å²) in [4.78, 5) is 4.33. The van der Waals surface area contributed by atoms with Gasteiger partial charge in [-0.3, -0.25) is 0 Å². The summed E-state index contributed by atoms with van der Waals surface area (Å²) in [5.41, 5.74) is 5.93. The summed E-state index contributed by atoms with van der Waals surface area (Å²) in [6.07, 6.45) is 0.707. The Hall–Kier alpha value is -1.95. The second kappa shape index (κ2) is 5.58. The lowest BCUT2D eigenvalue weighted by molar-refractivity contribution is -0.0403. The van der Waals surface area contributed by atoms with E-state index in [1.54, 1.807) is 0 Å². The highest BCUT2D eigenvalue weighted by Gasteiger charge is 2.31. The minimum atomic E-state index is -0.606. The van der Waals surface area contributed by atoms with Gasteiger partial charge in [-0.2, -0.15) is 4.98 Å². The van der Waals surface area contributed by atoms with Gasteiger partial charge in [0.2, 0.25) is 5.82 Å². The number of aromatic nitrogens is 2. The summed E-state index contributed by atoms with van der Waals surface area (Å²) >= 11 is 0. The van der Waals surface area contributed by atoms with E-state index in [-0.39, 0.29) is 11.6 Å². The number of hydrogen-bond acceptors (Lipinski definition) is 5. The number of nitrogens with two attached hydrogens (primary N) is 1. The first-order valence-electron chi connectivity index (χ1n) is 6.53. The largest absolute Gasteiger partial charge is 0.398 e. The van der Waals surface area contributed by atoms with E-state index < -0.39 is 11.4 Å². The Morgan fingerprint density at radius 1 is 1.40 bits per heavy atom. The molecule has 20 heavy (non-hydrogen) atoms. The first-order chi connectivity index (χ1) is 9.50. The maximum absolute atomic E-state index is 13.0. The molecule has 0 saturated heterocycles. The van der Waals surface area contributed by atoms with E-state index in [9.17, 15) is 4.39 Å². The normalized spacial score (nSPS) is 14.2. The van der Waals surface area contributed by atoms with Crippen molar-refractivity contribution in [3.8, 4) is 11.5 Å². The van der Waals surface area contributed by atoms with E-state index in [1.807, 2.05) is 20.8 Å². The minimum absolute atomic E-state index is 0.259. The molecule has 0 bridgehead atoms. The van der Waals surface area contributed by atoms with Crippen molar-refractivity contribution in [2.24, 2.45) is 0 Å². The average molecular weight is 279 g/mol. The van der Waals surface area contributed by atoms with Crippen molar-refractivity contribution >= 4 is 5.69 Å². The lowest BCUT2D eigenvalue weighted by atomic mass is 10.0. The lowest BCUT2D eigenvalue weighted by Crippen LogP contribution is -2.26.